The van der Waals surface area contributed by atoms with Crippen molar-refractivity contribution in [1.82, 2.24) is 0 Å². The number of carbonyl (C=O) groups excluding carboxylic acids is 2. The van der Waals surface area contributed by atoms with Crippen LogP contribution in [0.2, 0.25) is 0 Å². The lowest BCUT2D eigenvalue weighted by Crippen LogP contribution is -2.51. The normalized spacial score (nSPS) is 23.6. The monoisotopic (exact) mass is 550 g/mol. The lowest BCUT2D eigenvalue weighted by molar-refractivity contribution is -0.158. The van der Waals surface area contributed by atoms with Crippen molar-refractivity contribution in [3.63, 3.8) is 0 Å². The van der Waals surface area contributed by atoms with Crippen molar-refractivity contribution in [3.05, 3.63) is 35.9 Å². The van der Waals surface area contributed by atoms with E-state index < -0.39 is 25.4 Å². The minimum absolute atomic E-state index is 0.0729. The molecule has 0 radical (unpaired) electrons. The highest BCUT2D eigenvalue weighted by Gasteiger charge is 2.45. The quantitative estimate of drug-likeness (QED) is 0.194. The van der Waals surface area contributed by atoms with E-state index in [1.165, 1.54) is 14.2 Å². The summed E-state index contributed by atoms with van der Waals surface area (Å²) in [4.78, 5) is 26.6. The number of hydrogen-bond donors (Lipinski definition) is 1. The SMILES string of the molecule is CCC(C)(CC(CC(C)(C)C(=O)OC[Si](CO)(OC)OC)c1ccccc1)C(=O)OCC1CCC2OC2C1. The number of epoxide rings is 1. The molecule has 8 nitrogen and oxygen atoms in total. The van der Waals surface area contributed by atoms with Crippen LogP contribution in [0.3, 0.4) is 0 Å². The number of benzene rings is 1. The predicted octanol–water partition coefficient (Wildman–Crippen LogP) is 4.45. The van der Waals surface area contributed by atoms with Gasteiger partial charge in [0.05, 0.1) is 35.9 Å². The van der Waals surface area contributed by atoms with E-state index in [1.54, 1.807) is 0 Å². The van der Waals surface area contributed by atoms with E-state index in [0.29, 0.717) is 44.0 Å². The van der Waals surface area contributed by atoms with Crippen molar-refractivity contribution in [2.75, 3.05) is 33.3 Å². The molecule has 1 aromatic carbocycles. The van der Waals surface area contributed by atoms with Crippen LogP contribution in [0.25, 0.3) is 0 Å². The Morgan fingerprint density at radius 1 is 1.03 bits per heavy atom. The van der Waals surface area contributed by atoms with Crippen molar-refractivity contribution in [1.29, 1.82) is 0 Å². The van der Waals surface area contributed by atoms with Gasteiger partial charge in [0, 0.05) is 14.2 Å². The molecule has 2 aliphatic rings. The molecule has 0 amide bonds. The first-order valence-electron chi connectivity index (χ1n) is 13.8. The van der Waals surface area contributed by atoms with E-state index >= 15 is 0 Å². The first-order chi connectivity index (χ1) is 18.0. The number of aliphatic hydroxyl groups excluding tert-OH is 1. The summed E-state index contributed by atoms with van der Waals surface area (Å²) in [5.41, 5.74) is -0.476. The van der Waals surface area contributed by atoms with E-state index in [0.717, 1.165) is 24.8 Å². The Balaban J connectivity index is 1.69. The third kappa shape index (κ3) is 7.66. The molecule has 214 valence electrons. The standard InChI is InChI=1S/C29H46O8Si/c1-7-29(4,27(32)35-18-21-13-14-24-25(15-21)37-24)17-23(22-11-9-8-10-12-22)16-28(2,3)26(31)36-20-38(19-30,33-5)34-6/h8-12,21,23-25,30H,7,13-20H2,1-6H3. The smallest absolute Gasteiger partial charge is 0.403 e. The van der Waals surface area contributed by atoms with Gasteiger partial charge in [-0.05, 0) is 76.7 Å². The van der Waals surface area contributed by atoms with Crippen LogP contribution < -0.4 is 0 Å². The van der Waals surface area contributed by atoms with Gasteiger partial charge < -0.3 is 28.2 Å². The first kappa shape index (κ1) is 30.8. The van der Waals surface area contributed by atoms with Crippen LogP contribution >= 0.6 is 0 Å². The van der Waals surface area contributed by atoms with Crippen molar-refractivity contribution in [2.45, 2.75) is 84.3 Å². The van der Waals surface area contributed by atoms with Gasteiger partial charge in [0.2, 0.25) is 0 Å². The largest absolute Gasteiger partial charge is 0.465 e. The summed E-state index contributed by atoms with van der Waals surface area (Å²) in [7, 11) is -0.104. The molecule has 5 atom stereocenters. The number of fused-ring (bicyclic) bond motifs is 1. The average molecular weight is 551 g/mol. The molecular formula is C29H46O8Si. The van der Waals surface area contributed by atoms with Gasteiger partial charge in [-0.2, -0.15) is 0 Å². The zero-order valence-electron chi connectivity index (χ0n) is 23.9. The molecule has 0 bridgehead atoms. The van der Waals surface area contributed by atoms with Crippen LogP contribution in [0, 0.1) is 16.7 Å². The Labute approximate surface area is 228 Å². The number of rotatable bonds is 15. The fraction of sp³-hybridized carbons (Fsp3) is 0.724. The Kier molecular flexibility index (Phi) is 10.6. The molecular weight excluding hydrogens is 504 g/mol. The highest BCUT2D eigenvalue weighted by atomic mass is 28.4. The Bertz CT molecular complexity index is 910. The van der Waals surface area contributed by atoms with Gasteiger partial charge in [0.1, 0.15) is 6.23 Å². The molecule has 5 unspecified atom stereocenters. The van der Waals surface area contributed by atoms with E-state index in [2.05, 4.69) is 0 Å². The summed E-state index contributed by atoms with van der Waals surface area (Å²) in [6.45, 7) is 8.12. The van der Waals surface area contributed by atoms with Gasteiger partial charge in [-0.3, -0.25) is 9.59 Å². The fourth-order valence-electron chi connectivity index (χ4n) is 5.40. The van der Waals surface area contributed by atoms with Gasteiger partial charge >= 0.3 is 20.5 Å². The van der Waals surface area contributed by atoms with Crippen molar-refractivity contribution in [2.24, 2.45) is 16.7 Å². The molecule has 38 heavy (non-hydrogen) atoms. The molecule has 0 spiro atoms. The van der Waals surface area contributed by atoms with Crippen LogP contribution in [0.15, 0.2) is 30.3 Å². The molecule has 9 heteroatoms. The summed E-state index contributed by atoms with van der Waals surface area (Å²) in [5, 5.41) is 9.71. The minimum atomic E-state index is -3.00. The third-order valence-electron chi connectivity index (χ3n) is 8.52. The molecule has 2 fully saturated rings. The zero-order valence-corrected chi connectivity index (χ0v) is 24.9. The average Bonchev–Trinajstić information content (AvgIpc) is 3.71. The van der Waals surface area contributed by atoms with Crippen LogP contribution in [0.4, 0.5) is 0 Å². The molecule has 1 aliphatic carbocycles. The molecule has 1 aromatic rings. The second-order valence-corrected chi connectivity index (χ2v) is 15.1. The number of aliphatic hydroxyl groups is 1. The van der Waals surface area contributed by atoms with E-state index in [9.17, 15) is 14.7 Å². The number of hydrogen-bond acceptors (Lipinski definition) is 8. The molecule has 1 saturated heterocycles. The Morgan fingerprint density at radius 2 is 1.71 bits per heavy atom. The summed E-state index contributed by atoms with van der Waals surface area (Å²) in [5.74, 6) is -0.289. The summed E-state index contributed by atoms with van der Waals surface area (Å²) in [6.07, 6.45) is 5.09. The van der Waals surface area contributed by atoms with Gasteiger partial charge in [-0.15, -0.1) is 0 Å². The Morgan fingerprint density at radius 3 is 2.29 bits per heavy atom. The van der Waals surface area contributed by atoms with Crippen molar-refractivity contribution < 1.29 is 37.8 Å². The van der Waals surface area contributed by atoms with E-state index in [4.69, 9.17) is 23.1 Å². The Hall–Kier alpha value is -1.78. The van der Waals surface area contributed by atoms with Gasteiger partial charge in [0.25, 0.3) is 0 Å². The highest BCUT2D eigenvalue weighted by molar-refractivity contribution is 6.67. The zero-order chi connectivity index (χ0) is 28.0. The summed E-state index contributed by atoms with van der Waals surface area (Å²) in [6, 6.07) is 10.00. The number of ether oxygens (including phenoxy) is 3. The topological polar surface area (TPSA) is 104 Å². The van der Waals surface area contributed by atoms with E-state index in [-0.39, 0.29) is 24.3 Å². The second kappa shape index (κ2) is 13.0. The number of esters is 2. The van der Waals surface area contributed by atoms with Crippen LogP contribution in [0.5, 0.6) is 0 Å². The maximum Gasteiger partial charge on any atom is 0.403 e. The lowest BCUT2D eigenvalue weighted by Gasteiger charge is -2.35. The molecule has 1 N–H and O–H groups in total. The summed E-state index contributed by atoms with van der Waals surface area (Å²) >= 11 is 0. The fourth-order valence-corrected chi connectivity index (χ4v) is 6.50. The van der Waals surface area contributed by atoms with Crippen molar-refractivity contribution >= 4 is 20.5 Å². The molecule has 1 heterocycles. The maximum absolute atomic E-state index is 13.4. The lowest BCUT2D eigenvalue weighted by atomic mass is 9.71. The molecule has 3 rings (SSSR count). The van der Waals surface area contributed by atoms with Crippen LogP contribution in [-0.2, 0) is 32.7 Å². The predicted molar refractivity (Wildman–Crippen MR) is 145 cm³/mol. The highest BCUT2D eigenvalue weighted by Crippen LogP contribution is 2.43. The van der Waals surface area contributed by atoms with Gasteiger partial charge in [-0.1, -0.05) is 37.3 Å². The van der Waals surface area contributed by atoms with Crippen LogP contribution in [0.1, 0.15) is 77.7 Å². The maximum atomic E-state index is 13.4. The molecule has 1 saturated carbocycles. The van der Waals surface area contributed by atoms with Gasteiger partial charge in [-0.25, -0.2) is 0 Å². The van der Waals surface area contributed by atoms with Gasteiger partial charge in [0.15, 0.2) is 0 Å². The summed E-state index contributed by atoms with van der Waals surface area (Å²) < 4.78 is 27.9. The molecule has 1 aliphatic heterocycles. The molecule has 0 aromatic heterocycles. The second-order valence-electron chi connectivity index (χ2n) is 11.9. The van der Waals surface area contributed by atoms with E-state index in [1.807, 2.05) is 58.0 Å². The van der Waals surface area contributed by atoms with Crippen LogP contribution in [-0.4, -0.2) is 71.1 Å². The first-order valence-corrected chi connectivity index (χ1v) is 16.0. The van der Waals surface area contributed by atoms with Crippen molar-refractivity contribution in [3.8, 4) is 0 Å². The number of carbonyl (C=O) groups is 2. The third-order valence-corrected chi connectivity index (χ3v) is 11.1. The minimum Gasteiger partial charge on any atom is -0.465 e.